The molecule has 1 N–H and O–H groups in total. The number of rotatable bonds is 4. The van der Waals surface area contributed by atoms with Crippen molar-refractivity contribution in [2.75, 3.05) is 0 Å². The lowest BCUT2D eigenvalue weighted by molar-refractivity contribution is -0.140. The average Bonchev–Trinajstić information content (AvgIpc) is 2.72. The van der Waals surface area contributed by atoms with Gasteiger partial charge in [-0.15, -0.1) is 0 Å². The van der Waals surface area contributed by atoms with Gasteiger partial charge >= 0.3 is 5.97 Å². The quantitative estimate of drug-likeness (QED) is 0.617. The van der Waals surface area contributed by atoms with E-state index in [2.05, 4.69) is 5.32 Å². The minimum Gasteiger partial charge on any atom is -0.457 e. The first-order valence-electron chi connectivity index (χ1n) is 9.85. The molecule has 0 bridgehead atoms. The second kappa shape index (κ2) is 8.66. The summed E-state index contributed by atoms with van der Waals surface area (Å²) in [5, 5.41) is 4.19. The van der Waals surface area contributed by atoms with Crippen molar-refractivity contribution >= 4 is 35.0 Å². The zero-order valence-corrected chi connectivity index (χ0v) is 18.0. The van der Waals surface area contributed by atoms with Gasteiger partial charge in [-0.25, -0.2) is 4.79 Å². The van der Waals surface area contributed by atoms with Gasteiger partial charge in [0.15, 0.2) is 5.78 Å². The van der Waals surface area contributed by atoms with E-state index >= 15 is 0 Å². The molecule has 30 heavy (non-hydrogen) atoms. The molecule has 2 aliphatic rings. The highest BCUT2D eigenvalue weighted by atomic mass is 35.5. The molecule has 1 aliphatic carbocycles. The molecule has 154 valence electrons. The van der Waals surface area contributed by atoms with Crippen LogP contribution in [0.15, 0.2) is 71.1 Å². The highest BCUT2D eigenvalue weighted by Gasteiger charge is 2.39. The molecule has 0 amide bonds. The second-order valence-corrected chi connectivity index (χ2v) is 8.34. The Bertz CT molecular complexity index is 1070. The molecular weight excluding hydrogens is 421 g/mol. The molecule has 0 spiro atoms. The van der Waals surface area contributed by atoms with Crippen molar-refractivity contribution in [2.45, 2.75) is 38.7 Å². The third kappa shape index (κ3) is 4.03. The smallest absolute Gasteiger partial charge is 0.337 e. The minimum atomic E-state index is -0.581. The van der Waals surface area contributed by atoms with E-state index in [9.17, 15) is 9.59 Å². The molecule has 0 saturated carbocycles. The van der Waals surface area contributed by atoms with Gasteiger partial charge in [-0.3, -0.25) is 4.79 Å². The van der Waals surface area contributed by atoms with Crippen LogP contribution in [0.1, 0.15) is 43.2 Å². The number of hydrogen-bond donors (Lipinski definition) is 1. The van der Waals surface area contributed by atoms with E-state index < -0.39 is 11.9 Å². The Labute approximate surface area is 185 Å². The molecule has 0 aromatic heterocycles. The molecule has 4 nitrogen and oxygen atoms in total. The number of allylic oxidation sites excluding steroid dienone is 3. The number of benzene rings is 2. The first-order valence-corrected chi connectivity index (χ1v) is 10.6. The van der Waals surface area contributed by atoms with Gasteiger partial charge in [0.25, 0.3) is 0 Å². The molecule has 0 fully saturated rings. The number of carbonyl (C=O) groups is 2. The first kappa shape index (κ1) is 20.7. The van der Waals surface area contributed by atoms with Gasteiger partial charge < -0.3 is 10.1 Å². The van der Waals surface area contributed by atoms with Crippen molar-refractivity contribution < 1.29 is 14.3 Å². The van der Waals surface area contributed by atoms with Crippen LogP contribution in [0, 0.1) is 0 Å². The topological polar surface area (TPSA) is 55.4 Å². The maximum Gasteiger partial charge on any atom is 0.337 e. The van der Waals surface area contributed by atoms with Crippen LogP contribution in [0.25, 0.3) is 0 Å². The van der Waals surface area contributed by atoms with Crippen LogP contribution in [-0.4, -0.2) is 11.8 Å². The van der Waals surface area contributed by atoms with E-state index in [0.717, 1.165) is 24.1 Å². The van der Waals surface area contributed by atoms with Gasteiger partial charge in [0.2, 0.25) is 0 Å². The Morgan fingerprint density at radius 3 is 2.63 bits per heavy atom. The first-order chi connectivity index (χ1) is 14.5. The van der Waals surface area contributed by atoms with Crippen LogP contribution in [0.3, 0.4) is 0 Å². The zero-order valence-electron chi connectivity index (χ0n) is 16.5. The lowest BCUT2D eigenvalue weighted by Crippen LogP contribution is -2.34. The van der Waals surface area contributed by atoms with E-state index in [1.807, 2.05) is 37.3 Å². The number of ketones is 1. The fraction of sp³-hybridized carbons (Fsp3) is 0.250. The predicted molar refractivity (Wildman–Crippen MR) is 117 cm³/mol. The highest BCUT2D eigenvalue weighted by molar-refractivity contribution is 6.35. The number of nitrogens with one attached hydrogen (secondary N) is 1. The summed E-state index contributed by atoms with van der Waals surface area (Å²) >= 11 is 12.6. The van der Waals surface area contributed by atoms with Crippen LogP contribution in [0.5, 0.6) is 0 Å². The summed E-state index contributed by atoms with van der Waals surface area (Å²) < 4.78 is 5.63. The summed E-state index contributed by atoms with van der Waals surface area (Å²) in [6.07, 6.45) is 1.99. The molecule has 0 unspecified atom stereocenters. The molecular formula is C24H21Cl2NO3. The lowest BCUT2D eigenvalue weighted by Gasteiger charge is -2.34. The average molecular weight is 442 g/mol. The molecule has 4 rings (SSSR count). The molecule has 0 saturated heterocycles. The minimum absolute atomic E-state index is 0.0284. The van der Waals surface area contributed by atoms with Gasteiger partial charge in [-0.2, -0.15) is 0 Å². The SMILES string of the molecule is CC1=C(C(=O)OCc2ccccc2)[C@H](c2ccc(Cl)cc2Cl)C2=C(CCCC2=O)N1. The van der Waals surface area contributed by atoms with Gasteiger partial charge in [-0.1, -0.05) is 59.6 Å². The number of esters is 1. The zero-order chi connectivity index (χ0) is 21.3. The molecule has 1 heterocycles. The molecule has 6 heteroatoms. The normalized spacial score (nSPS) is 18.8. The predicted octanol–water partition coefficient (Wildman–Crippen LogP) is 5.70. The maximum absolute atomic E-state index is 13.2. The third-order valence-electron chi connectivity index (χ3n) is 5.48. The van der Waals surface area contributed by atoms with Crippen LogP contribution in [0.2, 0.25) is 10.0 Å². The fourth-order valence-corrected chi connectivity index (χ4v) is 4.62. The second-order valence-electron chi connectivity index (χ2n) is 7.49. The largest absolute Gasteiger partial charge is 0.457 e. The van der Waals surface area contributed by atoms with Gasteiger partial charge in [0.05, 0.1) is 5.57 Å². The van der Waals surface area contributed by atoms with Crippen LogP contribution in [-0.2, 0) is 20.9 Å². The standard InChI is InChI=1S/C24H21Cl2NO3/c1-14-21(24(29)30-13-15-6-3-2-4-7-15)22(17-11-10-16(25)12-18(17)26)23-19(27-14)8-5-9-20(23)28/h2-4,6-7,10-12,22,27H,5,8-9,13H2,1H3/t22-/m0/s1. The number of halogens is 2. The Balaban J connectivity index is 1.74. The van der Waals surface area contributed by atoms with E-state index in [1.165, 1.54) is 0 Å². The van der Waals surface area contributed by atoms with E-state index in [-0.39, 0.29) is 12.4 Å². The van der Waals surface area contributed by atoms with Crippen molar-refractivity contribution in [3.8, 4) is 0 Å². The summed E-state index contributed by atoms with van der Waals surface area (Å²) in [6.45, 7) is 1.98. The molecule has 1 atom stereocenters. The Morgan fingerprint density at radius 1 is 1.13 bits per heavy atom. The van der Waals surface area contributed by atoms with Crippen LogP contribution >= 0.6 is 23.2 Å². The number of ether oxygens (including phenoxy) is 1. The van der Waals surface area contributed by atoms with Crippen molar-refractivity contribution in [2.24, 2.45) is 0 Å². The van der Waals surface area contributed by atoms with Gasteiger partial charge in [0, 0.05) is 39.4 Å². The number of dihydropyridines is 1. The number of Topliss-reactive ketones (excluding diaryl/α,β-unsaturated/α-hetero) is 1. The molecule has 2 aromatic carbocycles. The fourth-order valence-electron chi connectivity index (χ4n) is 4.10. The summed E-state index contributed by atoms with van der Waals surface area (Å²) in [4.78, 5) is 26.1. The number of hydrogen-bond acceptors (Lipinski definition) is 4. The summed E-state index contributed by atoms with van der Waals surface area (Å²) in [7, 11) is 0. The molecule has 2 aromatic rings. The maximum atomic E-state index is 13.2. The monoisotopic (exact) mass is 441 g/mol. The van der Waals surface area contributed by atoms with E-state index in [4.69, 9.17) is 27.9 Å². The summed E-state index contributed by atoms with van der Waals surface area (Å²) in [5.41, 5.74) is 4.11. The molecule has 1 aliphatic heterocycles. The lowest BCUT2D eigenvalue weighted by atomic mass is 9.75. The molecule has 0 radical (unpaired) electrons. The van der Waals surface area contributed by atoms with Gasteiger partial charge in [-0.05, 0) is 43.0 Å². The van der Waals surface area contributed by atoms with Crippen LogP contribution < -0.4 is 5.32 Å². The summed E-state index contributed by atoms with van der Waals surface area (Å²) in [5.74, 6) is -1.02. The third-order valence-corrected chi connectivity index (χ3v) is 6.04. The van der Waals surface area contributed by atoms with E-state index in [0.29, 0.717) is 38.9 Å². The number of carbonyl (C=O) groups excluding carboxylic acids is 2. The Morgan fingerprint density at radius 2 is 1.90 bits per heavy atom. The van der Waals surface area contributed by atoms with Crippen LogP contribution in [0.4, 0.5) is 0 Å². The summed E-state index contributed by atoms with van der Waals surface area (Å²) in [6, 6.07) is 14.6. The van der Waals surface area contributed by atoms with E-state index in [1.54, 1.807) is 18.2 Å². The Kier molecular flexibility index (Phi) is 5.98. The highest BCUT2D eigenvalue weighted by Crippen LogP contribution is 2.45. The van der Waals surface area contributed by atoms with Crippen molar-refractivity contribution in [1.29, 1.82) is 0 Å². The van der Waals surface area contributed by atoms with Gasteiger partial charge in [0.1, 0.15) is 6.61 Å². The van der Waals surface area contributed by atoms with Crippen molar-refractivity contribution in [1.82, 2.24) is 5.32 Å². The van der Waals surface area contributed by atoms with Crippen molar-refractivity contribution in [3.63, 3.8) is 0 Å². The Hall–Kier alpha value is -2.56. The van der Waals surface area contributed by atoms with Crippen molar-refractivity contribution in [3.05, 3.63) is 92.2 Å².